The van der Waals surface area contributed by atoms with Crippen LogP contribution in [0.1, 0.15) is 37.3 Å². The fraction of sp³-hybridized carbons (Fsp3) is 0.250. The average molecular weight is 467 g/mol. The van der Waals surface area contributed by atoms with Crippen LogP contribution in [-0.4, -0.2) is 34.1 Å². The van der Waals surface area contributed by atoms with Gasteiger partial charge >= 0.3 is 0 Å². The highest BCUT2D eigenvalue weighted by atomic mass is 32.2. The minimum absolute atomic E-state index is 0.0113. The van der Waals surface area contributed by atoms with Gasteiger partial charge in [-0.2, -0.15) is 15.1 Å². The third-order valence-electron chi connectivity index (χ3n) is 5.08. The van der Waals surface area contributed by atoms with Crippen molar-refractivity contribution in [3.05, 3.63) is 65.0 Å². The summed E-state index contributed by atoms with van der Waals surface area (Å²) in [4.78, 5) is 16.7. The Balaban J connectivity index is 1.54. The Morgan fingerprint density at radius 1 is 1.21 bits per heavy atom. The molecule has 0 saturated heterocycles. The van der Waals surface area contributed by atoms with Crippen LogP contribution in [-0.2, 0) is 11.4 Å². The topological polar surface area (TPSA) is 87.3 Å². The summed E-state index contributed by atoms with van der Waals surface area (Å²) in [5.41, 5.74) is 1.21. The lowest BCUT2D eigenvalue weighted by atomic mass is 10.1. The molecule has 2 aliphatic heterocycles. The van der Waals surface area contributed by atoms with E-state index in [2.05, 4.69) is 17.0 Å². The number of ether oxygens (including phenoxy) is 2. The van der Waals surface area contributed by atoms with E-state index >= 15 is 0 Å². The maximum Gasteiger partial charge on any atom is 0.283 e. The van der Waals surface area contributed by atoms with Crippen LogP contribution in [0.5, 0.6) is 11.5 Å². The van der Waals surface area contributed by atoms with Crippen LogP contribution in [0.2, 0.25) is 0 Å². The molecule has 1 N–H and O–H groups in total. The zero-order valence-electron chi connectivity index (χ0n) is 18.3. The second-order valence-electron chi connectivity index (χ2n) is 7.41. The van der Waals surface area contributed by atoms with Crippen molar-refractivity contribution in [1.29, 1.82) is 5.41 Å². The van der Waals surface area contributed by atoms with Gasteiger partial charge in [0.25, 0.3) is 5.91 Å². The molecule has 0 spiro atoms. The number of unbranched alkanes of at least 4 members (excludes halogenated alkanes) is 1. The molecule has 9 heteroatoms. The molecule has 1 amide bonds. The van der Waals surface area contributed by atoms with Crippen molar-refractivity contribution in [3.63, 3.8) is 0 Å². The van der Waals surface area contributed by atoms with Crippen LogP contribution in [0.4, 0.5) is 4.39 Å². The zero-order valence-corrected chi connectivity index (χ0v) is 19.1. The maximum absolute atomic E-state index is 13.9. The summed E-state index contributed by atoms with van der Waals surface area (Å²) in [6, 6.07) is 11.5. The first kappa shape index (κ1) is 22.7. The van der Waals surface area contributed by atoms with E-state index in [4.69, 9.17) is 14.9 Å². The summed E-state index contributed by atoms with van der Waals surface area (Å²) in [6.45, 7) is 2.15. The molecule has 170 valence electrons. The molecule has 4 rings (SSSR count). The molecule has 2 aromatic carbocycles. The molecule has 0 saturated carbocycles. The SMILES string of the molecule is CCCCC1=NN2C(=N)C(=Cc3ccc(OCc4ccccc4F)c(OC)c3)C(=O)N=C2S1. The number of thioether (sulfide) groups is 1. The standard InChI is InChI=1S/C24H23FN4O3S/c1-3-4-9-21-28-29-22(26)17(23(30)27-24(29)33-21)12-15-10-11-19(20(13-15)31-2)32-14-16-7-5-6-8-18(16)25/h5-8,10-13,26H,3-4,9,14H2,1-2H3. The van der Waals surface area contributed by atoms with Crippen LogP contribution in [0.3, 0.4) is 0 Å². The predicted octanol–water partition coefficient (Wildman–Crippen LogP) is 5.22. The molecule has 2 aromatic rings. The number of amidine groups is 2. The highest BCUT2D eigenvalue weighted by Gasteiger charge is 2.35. The number of methoxy groups -OCH3 is 1. The number of carbonyl (C=O) groups excluding carboxylic acids is 1. The van der Waals surface area contributed by atoms with Gasteiger partial charge in [-0.25, -0.2) is 4.39 Å². The van der Waals surface area contributed by atoms with Crippen molar-refractivity contribution in [1.82, 2.24) is 5.01 Å². The number of carbonyl (C=O) groups is 1. The number of aliphatic imine (C=N–C) groups is 1. The number of halogens is 1. The molecule has 7 nitrogen and oxygen atoms in total. The number of benzene rings is 2. The lowest BCUT2D eigenvalue weighted by Crippen LogP contribution is -2.35. The number of rotatable bonds is 8. The summed E-state index contributed by atoms with van der Waals surface area (Å²) < 4.78 is 25.0. The van der Waals surface area contributed by atoms with Crippen LogP contribution < -0.4 is 9.47 Å². The van der Waals surface area contributed by atoms with Gasteiger partial charge in [-0.15, -0.1) is 0 Å². The number of hydrogen-bond acceptors (Lipinski definition) is 6. The van der Waals surface area contributed by atoms with E-state index in [1.807, 2.05) is 0 Å². The van der Waals surface area contributed by atoms with E-state index in [1.54, 1.807) is 42.5 Å². The second kappa shape index (κ2) is 9.99. The van der Waals surface area contributed by atoms with E-state index < -0.39 is 5.91 Å². The molecule has 0 unspecified atom stereocenters. The van der Waals surface area contributed by atoms with Crippen molar-refractivity contribution < 1.29 is 18.7 Å². The lowest BCUT2D eigenvalue weighted by Gasteiger charge is -2.20. The highest BCUT2D eigenvalue weighted by Crippen LogP contribution is 2.32. The molecular formula is C24H23FN4O3S. The first-order chi connectivity index (χ1) is 16.0. The Kier molecular flexibility index (Phi) is 6.88. The van der Waals surface area contributed by atoms with E-state index in [0.29, 0.717) is 27.8 Å². The second-order valence-corrected chi connectivity index (χ2v) is 8.45. The predicted molar refractivity (Wildman–Crippen MR) is 128 cm³/mol. The van der Waals surface area contributed by atoms with Gasteiger partial charge < -0.3 is 9.47 Å². The monoisotopic (exact) mass is 466 g/mol. The highest BCUT2D eigenvalue weighted by molar-refractivity contribution is 8.26. The fourth-order valence-electron chi connectivity index (χ4n) is 3.29. The fourth-order valence-corrected chi connectivity index (χ4v) is 4.22. The van der Waals surface area contributed by atoms with E-state index in [1.165, 1.54) is 29.9 Å². The van der Waals surface area contributed by atoms with E-state index in [-0.39, 0.29) is 23.8 Å². The quantitative estimate of drug-likeness (QED) is 0.539. The van der Waals surface area contributed by atoms with Crippen molar-refractivity contribution in [2.24, 2.45) is 10.1 Å². The van der Waals surface area contributed by atoms with Gasteiger partial charge in [0, 0.05) is 5.56 Å². The third kappa shape index (κ3) is 4.98. The number of nitrogens with zero attached hydrogens (tertiary/aromatic N) is 3. The minimum atomic E-state index is -0.482. The van der Waals surface area contributed by atoms with Gasteiger partial charge in [-0.05, 0) is 54.4 Å². The normalized spacial score (nSPS) is 16.6. The molecule has 0 radical (unpaired) electrons. The Morgan fingerprint density at radius 3 is 2.79 bits per heavy atom. The molecule has 0 bridgehead atoms. The van der Waals surface area contributed by atoms with E-state index in [0.717, 1.165) is 24.3 Å². The number of hydrazone groups is 1. The largest absolute Gasteiger partial charge is 0.493 e. The molecule has 0 aliphatic carbocycles. The zero-order chi connectivity index (χ0) is 23.4. The Morgan fingerprint density at radius 2 is 2.03 bits per heavy atom. The summed E-state index contributed by atoms with van der Waals surface area (Å²) in [5, 5.41) is 15.6. The molecule has 33 heavy (non-hydrogen) atoms. The van der Waals surface area contributed by atoms with Gasteiger partial charge in [0.15, 0.2) is 17.3 Å². The molecule has 0 fully saturated rings. The molecule has 0 aromatic heterocycles. The number of hydrogen-bond donors (Lipinski definition) is 1. The molecule has 2 aliphatic rings. The summed E-state index contributed by atoms with van der Waals surface area (Å²) >= 11 is 1.34. The molecule has 0 atom stereocenters. The van der Waals surface area contributed by atoms with Crippen molar-refractivity contribution in [2.45, 2.75) is 32.8 Å². The summed E-state index contributed by atoms with van der Waals surface area (Å²) in [6.07, 6.45) is 4.40. The number of amides is 1. The van der Waals surface area contributed by atoms with Gasteiger partial charge in [-0.3, -0.25) is 10.2 Å². The van der Waals surface area contributed by atoms with Gasteiger partial charge in [0.1, 0.15) is 17.5 Å². The molecule has 2 heterocycles. The van der Waals surface area contributed by atoms with Crippen LogP contribution in [0.25, 0.3) is 6.08 Å². The Labute approximate surface area is 195 Å². The summed E-state index contributed by atoms with van der Waals surface area (Å²) in [5.74, 6) is 0.0330. The smallest absolute Gasteiger partial charge is 0.283 e. The van der Waals surface area contributed by atoms with Crippen LogP contribution in [0.15, 0.2) is 58.1 Å². The summed E-state index contributed by atoms with van der Waals surface area (Å²) in [7, 11) is 1.50. The average Bonchev–Trinajstić information content (AvgIpc) is 3.23. The third-order valence-corrected chi connectivity index (χ3v) is 6.05. The van der Waals surface area contributed by atoms with Crippen LogP contribution >= 0.6 is 11.8 Å². The Hall–Kier alpha value is -3.46. The lowest BCUT2D eigenvalue weighted by molar-refractivity contribution is -0.114. The number of fused-ring (bicyclic) bond motifs is 1. The first-order valence-electron chi connectivity index (χ1n) is 10.5. The van der Waals surface area contributed by atoms with Gasteiger partial charge in [0.05, 0.1) is 12.7 Å². The first-order valence-corrected chi connectivity index (χ1v) is 11.3. The minimum Gasteiger partial charge on any atom is -0.493 e. The molecular weight excluding hydrogens is 443 g/mol. The number of nitrogens with one attached hydrogen (secondary N) is 1. The van der Waals surface area contributed by atoms with E-state index in [9.17, 15) is 9.18 Å². The van der Waals surface area contributed by atoms with Crippen molar-refractivity contribution in [2.75, 3.05) is 7.11 Å². The Bertz CT molecular complexity index is 1190. The van der Waals surface area contributed by atoms with Crippen molar-refractivity contribution in [3.8, 4) is 11.5 Å². The van der Waals surface area contributed by atoms with Gasteiger partial charge in [0.2, 0.25) is 5.17 Å². The van der Waals surface area contributed by atoms with Crippen LogP contribution in [0, 0.1) is 11.2 Å². The maximum atomic E-state index is 13.9. The van der Waals surface area contributed by atoms with Crippen molar-refractivity contribution >= 4 is 39.8 Å². The van der Waals surface area contributed by atoms with Gasteiger partial charge in [-0.1, -0.05) is 37.6 Å².